The van der Waals surface area contributed by atoms with E-state index in [9.17, 15) is 14.4 Å². The molecule has 0 amide bonds. The number of aromatic nitrogens is 1. The van der Waals surface area contributed by atoms with Crippen LogP contribution in [0.3, 0.4) is 0 Å². The summed E-state index contributed by atoms with van der Waals surface area (Å²) in [5, 5.41) is 1.19. The smallest absolute Gasteiger partial charge is 0.361 e. The monoisotopic (exact) mass is 599 g/mol. The predicted molar refractivity (Wildman–Crippen MR) is 161 cm³/mol. The maximum Gasteiger partial charge on any atom is 0.361 e. The van der Waals surface area contributed by atoms with Crippen LogP contribution in [-0.4, -0.2) is 44.9 Å². The van der Waals surface area contributed by atoms with Gasteiger partial charge in [-0.05, 0) is 47.9 Å². The summed E-state index contributed by atoms with van der Waals surface area (Å²) in [6.45, 7) is 3.05. The van der Waals surface area contributed by atoms with Crippen LogP contribution < -0.4 is 34.0 Å². The summed E-state index contributed by atoms with van der Waals surface area (Å²) >= 11 is 0. The minimum Gasteiger partial charge on any atom is -0.493 e. The van der Waals surface area contributed by atoms with Crippen molar-refractivity contribution in [1.82, 2.24) is 4.57 Å². The number of esters is 2. The third kappa shape index (κ3) is 4.57. The van der Waals surface area contributed by atoms with Crippen molar-refractivity contribution < 1.29 is 42.4 Å². The molecular formula is C33H29NO10. The zero-order valence-corrected chi connectivity index (χ0v) is 25.0. The Labute approximate surface area is 251 Å². The van der Waals surface area contributed by atoms with Crippen LogP contribution >= 0.6 is 0 Å². The number of nitrogens with zero attached hydrogens (tertiary/aromatic N) is 1. The standard InChI is InChI=1S/C33H29NO10/c1-16(35)42-27-11-18-9-10-34-31(20(18)13-25(27)40-5)29(19-7-8-22(38-3)24(12-19)39-4)30-21-14-26(41-6)28(43-17(2)36)15-23(21)44-33(37)32(30)34/h7-8,11-15H,9-10H2,1-6H3. The molecule has 0 spiro atoms. The molecule has 11 heteroatoms. The zero-order valence-electron chi connectivity index (χ0n) is 25.0. The van der Waals surface area contributed by atoms with Crippen LogP contribution in [0.4, 0.5) is 0 Å². The molecule has 1 aliphatic heterocycles. The highest BCUT2D eigenvalue weighted by molar-refractivity contribution is 6.17. The van der Waals surface area contributed by atoms with Gasteiger partial charge in [0.2, 0.25) is 0 Å². The number of ether oxygens (including phenoxy) is 6. The van der Waals surface area contributed by atoms with Gasteiger partial charge in [-0.25, -0.2) is 4.79 Å². The summed E-state index contributed by atoms with van der Waals surface area (Å²) in [4.78, 5) is 37.4. The molecule has 3 heterocycles. The van der Waals surface area contributed by atoms with Gasteiger partial charge in [-0.1, -0.05) is 6.07 Å². The molecule has 3 aromatic carbocycles. The maximum atomic E-state index is 13.8. The molecule has 0 saturated heterocycles. The van der Waals surface area contributed by atoms with Crippen molar-refractivity contribution in [1.29, 1.82) is 0 Å². The van der Waals surface area contributed by atoms with Gasteiger partial charge in [0.05, 0.1) is 34.1 Å². The summed E-state index contributed by atoms with van der Waals surface area (Å²) in [5.74, 6) is 1.11. The van der Waals surface area contributed by atoms with Gasteiger partial charge in [0.25, 0.3) is 0 Å². The van der Waals surface area contributed by atoms with E-state index >= 15 is 0 Å². The third-order valence-electron chi connectivity index (χ3n) is 7.62. The number of benzene rings is 3. The number of fused-ring (bicyclic) bond motifs is 7. The highest BCUT2D eigenvalue weighted by atomic mass is 16.6. The summed E-state index contributed by atoms with van der Waals surface area (Å²) in [5.41, 5.74) is 3.91. The quantitative estimate of drug-likeness (QED) is 0.134. The van der Waals surface area contributed by atoms with Crippen molar-refractivity contribution >= 4 is 33.8 Å². The van der Waals surface area contributed by atoms with Gasteiger partial charge in [-0.2, -0.15) is 0 Å². The normalized spacial score (nSPS) is 12.0. The van der Waals surface area contributed by atoms with Crippen molar-refractivity contribution in [2.45, 2.75) is 26.8 Å². The molecule has 2 aromatic heterocycles. The number of methoxy groups -OCH3 is 4. The summed E-state index contributed by atoms with van der Waals surface area (Å²) < 4.78 is 40.9. The van der Waals surface area contributed by atoms with Crippen molar-refractivity contribution in [3.63, 3.8) is 0 Å². The Morgan fingerprint density at radius 3 is 2.00 bits per heavy atom. The van der Waals surface area contributed by atoms with Crippen molar-refractivity contribution in [3.05, 3.63) is 58.4 Å². The van der Waals surface area contributed by atoms with Crippen molar-refractivity contribution in [3.8, 4) is 56.9 Å². The lowest BCUT2D eigenvalue weighted by molar-refractivity contribution is -0.132. The fraction of sp³-hybridized carbons (Fsp3) is 0.242. The van der Waals surface area contributed by atoms with Crippen LogP contribution in [0.25, 0.3) is 44.3 Å². The third-order valence-corrected chi connectivity index (χ3v) is 7.62. The second-order valence-corrected chi connectivity index (χ2v) is 10.2. The van der Waals surface area contributed by atoms with Crippen LogP contribution in [0, 0.1) is 0 Å². The Kier molecular flexibility index (Phi) is 7.16. The Bertz CT molecular complexity index is 2050. The Morgan fingerprint density at radius 1 is 0.750 bits per heavy atom. The molecule has 44 heavy (non-hydrogen) atoms. The van der Waals surface area contributed by atoms with Gasteiger partial charge >= 0.3 is 17.6 Å². The van der Waals surface area contributed by atoms with Crippen LogP contribution in [-0.2, 0) is 22.6 Å². The van der Waals surface area contributed by atoms with E-state index in [0.717, 1.165) is 27.9 Å². The first-order valence-electron chi connectivity index (χ1n) is 13.7. The molecule has 0 aliphatic carbocycles. The van der Waals surface area contributed by atoms with Crippen LogP contribution in [0.15, 0.2) is 51.7 Å². The first kappa shape index (κ1) is 28.7. The number of aryl methyl sites for hydroxylation is 2. The lowest BCUT2D eigenvalue weighted by Gasteiger charge is -2.23. The van der Waals surface area contributed by atoms with Gasteiger partial charge in [0.1, 0.15) is 11.1 Å². The Balaban J connectivity index is 1.78. The molecule has 0 bridgehead atoms. The molecule has 0 atom stereocenters. The maximum absolute atomic E-state index is 13.8. The number of hydrogen-bond acceptors (Lipinski definition) is 10. The first-order chi connectivity index (χ1) is 21.2. The molecule has 0 unspecified atom stereocenters. The molecule has 0 N–H and O–H groups in total. The van der Waals surface area contributed by atoms with Gasteiger partial charge in [0.15, 0.2) is 34.5 Å². The summed E-state index contributed by atoms with van der Waals surface area (Å²) in [6, 6.07) is 12.3. The minimum absolute atomic E-state index is 0.125. The second kappa shape index (κ2) is 11.0. The van der Waals surface area contributed by atoms with Gasteiger partial charge < -0.3 is 37.4 Å². The molecule has 0 saturated carbocycles. The number of rotatable bonds is 7. The van der Waals surface area contributed by atoms with Crippen molar-refractivity contribution in [2.24, 2.45) is 0 Å². The summed E-state index contributed by atoms with van der Waals surface area (Å²) in [6.07, 6.45) is 0.544. The van der Waals surface area contributed by atoms with Crippen LogP contribution in [0.2, 0.25) is 0 Å². The van der Waals surface area contributed by atoms with E-state index in [-0.39, 0.29) is 11.3 Å². The number of hydrogen-bond donors (Lipinski definition) is 0. The van der Waals surface area contributed by atoms with E-state index in [1.54, 1.807) is 32.4 Å². The molecule has 11 nitrogen and oxygen atoms in total. The average Bonchev–Trinajstić information content (AvgIpc) is 3.36. The van der Waals surface area contributed by atoms with Crippen molar-refractivity contribution in [2.75, 3.05) is 28.4 Å². The molecule has 1 aliphatic rings. The molecule has 0 fully saturated rings. The molecular weight excluding hydrogens is 570 g/mol. The number of carbonyl (C=O) groups excluding carboxylic acids is 2. The highest BCUT2D eigenvalue weighted by Gasteiger charge is 2.31. The van der Waals surface area contributed by atoms with E-state index in [4.69, 9.17) is 32.8 Å². The molecule has 5 aromatic rings. The predicted octanol–water partition coefficient (Wildman–Crippen LogP) is 5.52. The van der Waals surface area contributed by atoms with Crippen LogP contribution in [0.5, 0.6) is 34.5 Å². The lowest BCUT2D eigenvalue weighted by Crippen LogP contribution is -2.15. The van der Waals surface area contributed by atoms with E-state index in [1.807, 2.05) is 22.8 Å². The SMILES string of the molecule is COc1ccc(-c2c3n(c4c(=O)oc5cc(OC(C)=O)c(OC)cc5c24)CCc2cc(OC(C)=O)c(OC)cc2-3)cc1OC. The van der Waals surface area contributed by atoms with Gasteiger partial charge in [0, 0.05) is 48.4 Å². The van der Waals surface area contributed by atoms with Gasteiger partial charge in [-0.3, -0.25) is 9.59 Å². The highest BCUT2D eigenvalue weighted by Crippen LogP contribution is 2.50. The van der Waals surface area contributed by atoms with E-state index in [2.05, 4.69) is 0 Å². The van der Waals surface area contributed by atoms with Gasteiger partial charge in [-0.15, -0.1) is 0 Å². The zero-order chi connectivity index (χ0) is 31.3. The fourth-order valence-electron chi connectivity index (χ4n) is 5.89. The second-order valence-electron chi connectivity index (χ2n) is 10.2. The van der Waals surface area contributed by atoms with E-state index < -0.39 is 17.6 Å². The Morgan fingerprint density at radius 2 is 1.36 bits per heavy atom. The average molecular weight is 600 g/mol. The molecule has 0 radical (unpaired) electrons. The largest absolute Gasteiger partial charge is 0.493 e. The first-order valence-corrected chi connectivity index (χ1v) is 13.7. The molecule has 6 rings (SSSR count). The topological polar surface area (TPSA) is 125 Å². The Hall–Kier alpha value is -5.45. The van der Waals surface area contributed by atoms with Crippen LogP contribution in [0.1, 0.15) is 19.4 Å². The minimum atomic E-state index is -0.564. The number of carbonyl (C=O) groups is 2. The fourth-order valence-corrected chi connectivity index (χ4v) is 5.89. The van der Waals surface area contributed by atoms with E-state index in [0.29, 0.717) is 58.0 Å². The lowest BCUT2D eigenvalue weighted by atomic mass is 9.91. The summed E-state index contributed by atoms with van der Waals surface area (Å²) in [7, 11) is 6.07. The molecule has 226 valence electrons. The van der Waals surface area contributed by atoms with E-state index in [1.165, 1.54) is 34.1 Å².